The fraction of sp³-hybridized carbons (Fsp3) is 0.143. The third kappa shape index (κ3) is 3.22. The van der Waals surface area contributed by atoms with E-state index in [1.807, 2.05) is 0 Å². The van der Waals surface area contributed by atoms with Crippen molar-refractivity contribution in [3.8, 4) is 0 Å². The normalized spacial score (nSPS) is 11.5. The molecule has 3 aromatic rings. The molecule has 0 saturated heterocycles. The SMILES string of the molecule is Cc1ccc([P+](S)(c2ccc(C)cc2)c2ccc(C)cc2)cc1. The summed E-state index contributed by atoms with van der Waals surface area (Å²) in [5, 5.41) is 3.91. The zero-order valence-electron chi connectivity index (χ0n) is 13.8. The van der Waals surface area contributed by atoms with Crippen LogP contribution in [-0.4, -0.2) is 0 Å². The predicted molar refractivity (Wildman–Crippen MR) is 108 cm³/mol. The lowest BCUT2D eigenvalue weighted by molar-refractivity contribution is 1.48. The summed E-state index contributed by atoms with van der Waals surface area (Å²) in [5.41, 5.74) is 3.84. The van der Waals surface area contributed by atoms with Crippen LogP contribution in [0.4, 0.5) is 0 Å². The highest BCUT2D eigenvalue weighted by Gasteiger charge is 2.42. The van der Waals surface area contributed by atoms with E-state index in [1.54, 1.807) is 0 Å². The molecule has 0 aliphatic carbocycles. The molecule has 0 saturated carbocycles. The van der Waals surface area contributed by atoms with Gasteiger partial charge in [-0.3, -0.25) is 0 Å². The second-order valence-corrected chi connectivity index (χ2v) is 10.8. The summed E-state index contributed by atoms with van der Waals surface area (Å²) < 4.78 is 0. The maximum atomic E-state index is 5.30. The van der Waals surface area contributed by atoms with E-state index in [9.17, 15) is 0 Å². The first kappa shape index (κ1) is 16.3. The molecule has 3 aromatic carbocycles. The van der Waals surface area contributed by atoms with E-state index in [1.165, 1.54) is 32.6 Å². The Morgan fingerprint density at radius 3 is 0.913 bits per heavy atom. The maximum absolute atomic E-state index is 5.30. The van der Waals surface area contributed by atoms with Gasteiger partial charge in [-0.05, 0) is 57.2 Å². The molecule has 0 aliphatic rings. The van der Waals surface area contributed by atoms with Crippen LogP contribution in [0.3, 0.4) is 0 Å². The van der Waals surface area contributed by atoms with Crippen LogP contribution in [0.2, 0.25) is 0 Å². The van der Waals surface area contributed by atoms with Gasteiger partial charge in [0, 0.05) is 12.2 Å². The first-order chi connectivity index (χ1) is 11.0. The summed E-state index contributed by atoms with van der Waals surface area (Å²) in [6.45, 7) is 4.48. The Morgan fingerprint density at radius 1 is 0.478 bits per heavy atom. The van der Waals surface area contributed by atoms with E-state index in [-0.39, 0.29) is 0 Å². The van der Waals surface area contributed by atoms with Crippen molar-refractivity contribution in [2.75, 3.05) is 0 Å². The Morgan fingerprint density at radius 2 is 0.696 bits per heavy atom. The van der Waals surface area contributed by atoms with Crippen molar-refractivity contribution in [1.82, 2.24) is 0 Å². The summed E-state index contributed by atoms with van der Waals surface area (Å²) in [6, 6.07) is 26.5. The number of hydrogen-bond acceptors (Lipinski definition) is 1. The van der Waals surface area contributed by atoms with Crippen LogP contribution in [0.15, 0.2) is 72.8 Å². The minimum atomic E-state index is -1.89. The second-order valence-electron chi connectivity index (χ2n) is 6.14. The quantitative estimate of drug-likeness (QED) is 0.517. The van der Waals surface area contributed by atoms with E-state index in [0.717, 1.165) is 0 Å². The van der Waals surface area contributed by atoms with Crippen LogP contribution in [0.5, 0.6) is 0 Å². The lowest BCUT2D eigenvalue weighted by Gasteiger charge is -2.21. The minimum absolute atomic E-state index is 1.28. The van der Waals surface area contributed by atoms with Crippen molar-refractivity contribution in [3.05, 3.63) is 89.5 Å². The van der Waals surface area contributed by atoms with Crippen molar-refractivity contribution in [2.45, 2.75) is 20.8 Å². The van der Waals surface area contributed by atoms with Gasteiger partial charge in [0.1, 0.15) is 15.9 Å². The molecular formula is C21H22PS+. The summed E-state index contributed by atoms with van der Waals surface area (Å²) >= 11 is 5.30. The smallest absolute Gasteiger partial charge is 0.0553 e. The molecule has 0 radical (unpaired) electrons. The van der Waals surface area contributed by atoms with Crippen LogP contribution >= 0.6 is 18.7 Å². The fourth-order valence-electron chi connectivity index (χ4n) is 2.73. The number of hydrogen-bond donors (Lipinski definition) is 1. The molecular weight excluding hydrogens is 315 g/mol. The molecule has 0 spiro atoms. The Bertz CT molecular complexity index is 676. The Labute approximate surface area is 145 Å². The summed E-state index contributed by atoms with van der Waals surface area (Å²) in [7, 11) is 0. The summed E-state index contributed by atoms with van der Waals surface area (Å²) in [5.74, 6) is 0. The monoisotopic (exact) mass is 337 g/mol. The van der Waals surface area contributed by atoms with Gasteiger partial charge in [-0.15, -0.1) is 0 Å². The molecule has 0 fully saturated rings. The molecule has 0 heterocycles. The standard InChI is InChI=1S/C21H22PS/c1-16-4-10-19(11-5-16)22(23,20-12-6-17(2)7-13-20)21-14-8-18(3)9-15-21/h4-15,23H,1-3H3/q+1. The predicted octanol–water partition coefficient (Wildman–Crippen LogP) is 4.75. The topological polar surface area (TPSA) is 0 Å². The van der Waals surface area contributed by atoms with Crippen molar-refractivity contribution < 1.29 is 0 Å². The van der Waals surface area contributed by atoms with E-state index in [0.29, 0.717) is 0 Å². The molecule has 0 nitrogen and oxygen atoms in total. The van der Waals surface area contributed by atoms with Crippen LogP contribution in [0.25, 0.3) is 0 Å². The van der Waals surface area contributed by atoms with Crippen molar-refractivity contribution in [2.24, 2.45) is 0 Å². The largest absolute Gasteiger partial charge is 0.167 e. The van der Waals surface area contributed by atoms with Gasteiger partial charge >= 0.3 is 0 Å². The first-order valence-corrected chi connectivity index (χ1v) is 10.8. The zero-order valence-corrected chi connectivity index (χ0v) is 15.6. The van der Waals surface area contributed by atoms with E-state index < -0.39 is 6.46 Å². The highest BCUT2D eigenvalue weighted by atomic mass is 32.7. The summed E-state index contributed by atoms with van der Waals surface area (Å²) in [4.78, 5) is 0. The number of aryl methyl sites for hydroxylation is 3. The Kier molecular flexibility index (Phi) is 4.62. The van der Waals surface area contributed by atoms with Crippen molar-refractivity contribution in [1.29, 1.82) is 0 Å². The van der Waals surface area contributed by atoms with E-state index in [2.05, 4.69) is 93.6 Å². The molecule has 0 bridgehead atoms. The van der Waals surface area contributed by atoms with Crippen LogP contribution in [-0.2, 0) is 0 Å². The van der Waals surface area contributed by atoms with Gasteiger partial charge in [-0.1, -0.05) is 53.1 Å². The van der Waals surface area contributed by atoms with Crippen LogP contribution in [0, 0.1) is 20.8 Å². The Hall–Kier alpha value is -1.56. The number of benzene rings is 3. The minimum Gasteiger partial charge on any atom is -0.0553 e. The van der Waals surface area contributed by atoms with Gasteiger partial charge in [0.15, 0.2) is 6.46 Å². The zero-order chi connectivity index (χ0) is 16.4. The molecule has 23 heavy (non-hydrogen) atoms. The molecule has 0 unspecified atom stereocenters. The fourth-order valence-corrected chi connectivity index (χ4v) is 6.56. The molecule has 3 rings (SSSR count). The summed E-state index contributed by atoms with van der Waals surface area (Å²) in [6.07, 6.45) is 0. The first-order valence-electron chi connectivity index (χ1n) is 7.83. The molecule has 0 aromatic heterocycles. The number of rotatable bonds is 3. The second kappa shape index (κ2) is 6.51. The lowest BCUT2D eigenvalue weighted by atomic mass is 10.2. The highest BCUT2D eigenvalue weighted by Crippen LogP contribution is 2.59. The third-order valence-electron chi connectivity index (χ3n) is 4.22. The third-order valence-corrected chi connectivity index (χ3v) is 9.44. The number of thiol groups is 1. The van der Waals surface area contributed by atoms with Gasteiger partial charge in [0.2, 0.25) is 0 Å². The lowest BCUT2D eigenvalue weighted by Crippen LogP contribution is -2.27. The molecule has 0 atom stereocenters. The van der Waals surface area contributed by atoms with E-state index in [4.69, 9.17) is 12.2 Å². The van der Waals surface area contributed by atoms with Crippen LogP contribution < -0.4 is 15.9 Å². The van der Waals surface area contributed by atoms with E-state index >= 15 is 0 Å². The molecule has 116 valence electrons. The maximum Gasteiger partial charge on any atom is 0.167 e. The van der Waals surface area contributed by atoms with Gasteiger partial charge in [-0.2, -0.15) is 0 Å². The average Bonchev–Trinajstić information content (AvgIpc) is 2.56. The van der Waals surface area contributed by atoms with Crippen molar-refractivity contribution >= 4 is 34.6 Å². The van der Waals surface area contributed by atoms with Crippen molar-refractivity contribution in [3.63, 3.8) is 0 Å². The van der Waals surface area contributed by atoms with Gasteiger partial charge in [-0.25, -0.2) is 0 Å². The molecule has 0 amide bonds. The van der Waals surface area contributed by atoms with Gasteiger partial charge < -0.3 is 0 Å². The Balaban J connectivity index is 2.21. The molecule has 2 heteroatoms. The molecule has 0 aliphatic heterocycles. The van der Waals surface area contributed by atoms with Gasteiger partial charge in [0.25, 0.3) is 0 Å². The molecule has 0 N–H and O–H groups in total. The average molecular weight is 337 g/mol. The van der Waals surface area contributed by atoms with Crippen LogP contribution in [0.1, 0.15) is 16.7 Å². The highest BCUT2D eigenvalue weighted by molar-refractivity contribution is 8.61. The van der Waals surface area contributed by atoms with Gasteiger partial charge in [0.05, 0.1) is 0 Å².